The predicted molar refractivity (Wildman–Crippen MR) is 85.8 cm³/mol. The van der Waals surface area contributed by atoms with Gasteiger partial charge in [0.15, 0.2) is 12.4 Å². The molecule has 1 aromatic heterocycles. The summed E-state index contributed by atoms with van der Waals surface area (Å²) in [5.74, 6) is 1.77. The second-order valence-corrected chi connectivity index (χ2v) is 5.85. The Balaban J connectivity index is 1.88. The van der Waals surface area contributed by atoms with E-state index in [4.69, 9.17) is 9.26 Å². The van der Waals surface area contributed by atoms with Gasteiger partial charge in [0, 0.05) is 11.6 Å². The number of hydrogen-bond donors (Lipinski definition) is 2. The molecule has 0 unspecified atom stereocenters. The van der Waals surface area contributed by atoms with Crippen molar-refractivity contribution < 1.29 is 19.4 Å². The molecule has 0 radical (unpaired) electrons. The average Bonchev–Trinajstić information content (AvgIpc) is 2.89. The number of aryl methyl sites for hydroxylation is 1. The van der Waals surface area contributed by atoms with Crippen LogP contribution in [0.1, 0.15) is 24.3 Å². The number of methoxy groups -OCH3 is 1. The molecule has 0 bridgehead atoms. The van der Waals surface area contributed by atoms with Gasteiger partial charge in [0.1, 0.15) is 17.6 Å². The molecule has 1 amide bonds. The number of ether oxygens (including phenoxy) is 1. The highest BCUT2D eigenvalue weighted by Gasteiger charge is 2.14. The van der Waals surface area contributed by atoms with Crippen molar-refractivity contribution in [3.63, 3.8) is 0 Å². The molecule has 22 heavy (non-hydrogen) atoms. The molecule has 3 N–H and O–H groups in total. The lowest BCUT2D eigenvalue weighted by molar-refractivity contribution is -0.682. The summed E-state index contributed by atoms with van der Waals surface area (Å²) in [6.07, 6.45) is 0. The summed E-state index contributed by atoms with van der Waals surface area (Å²) in [7, 11) is 1.63. The molecule has 118 valence electrons. The van der Waals surface area contributed by atoms with E-state index in [0.29, 0.717) is 18.1 Å². The van der Waals surface area contributed by atoms with E-state index in [1.807, 2.05) is 30.4 Å². The van der Waals surface area contributed by atoms with Gasteiger partial charge in [-0.2, -0.15) is 0 Å². The van der Waals surface area contributed by atoms with E-state index in [9.17, 15) is 4.79 Å². The lowest BCUT2D eigenvalue weighted by Gasteiger charge is -2.12. The minimum atomic E-state index is -0.118. The van der Waals surface area contributed by atoms with Crippen LogP contribution in [-0.2, 0) is 4.79 Å². The van der Waals surface area contributed by atoms with Gasteiger partial charge in [0.05, 0.1) is 11.6 Å². The number of nitrogens with one attached hydrogen (secondary N) is 1. The first-order valence-electron chi connectivity index (χ1n) is 6.89. The number of amides is 1. The molecule has 0 saturated heterocycles. The van der Waals surface area contributed by atoms with Gasteiger partial charge in [-0.25, -0.2) is 0 Å². The zero-order valence-electron chi connectivity index (χ0n) is 12.7. The van der Waals surface area contributed by atoms with E-state index in [1.54, 1.807) is 20.1 Å². The summed E-state index contributed by atoms with van der Waals surface area (Å²) in [6.45, 7) is 4.12. The second-order valence-electron chi connectivity index (χ2n) is 4.99. The van der Waals surface area contributed by atoms with Crippen LogP contribution in [0.2, 0.25) is 0 Å². The SMILES string of the molecule is COc1ccc([C@H](C)[NH2+]CC(=O)Nc2cc(C)on2)cc1Br. The number of carbonyl (C=O) groups is 1. The van der Waals surface area contributed by atoms with Crippen LogP contribution in [0, 0.1) is 6.92 Å². The van der Waals surface area contributed by atoms with Gasteiger partial charge in [-0.3, -0.25) is 4.79 Å². The first-order chi connectivity index (χ1) is 10.5. The van der Waals surface area contributed by atoms with Crippen molar-refractivity contribution >= 4 is 27.7 Å². The molecule has 0 fully saturated rings. The first kappa shape index (κ1) is 16.5. The summed E-state index contributed by atoms with van der Waals surface area (Å²) in [6, 6.07) is 7.72. The Hall–Kier alpha value is -1.86. The Bertz CT molecular complexity index is 657. The molecule has 0 aliphatic carbocycles. The van der Waals surface area contributed by atoms with Crippen LogP contribution in [0.4, 0.5) is 5.82 Å². The van der Waals surface area contributed by atoms with E-state index in [1.165, 1.54) is 0 Å². The van der Waals surface area contributed by atoms with E-state index in [2.05, 4.69) is 26.4 Å². The molecule has 7 heteroatoms. The van der Waals surface area contributed by atoms with Crippen molar-refractivity contribution in [1.29, 1.82) is 0 Å². The topological polar surface area (TPSA) is 81.0 Å². The molecular formula is C15H19BrN3O3+. The minimum absolute atomic E-state index is 0.118. The number of rotatable bonds is 6. The number of carbonyl (C=O) groups excluding carboxylic acids is 1. The summed E-state index contributed by atoms with van der Waals surface area (Å²) in [5.41, 5.74) is 1.11. The van der Waals surface area contributed by atoms with Crippen molar-refractivity contribution in [2.75, 3.05) is 19.0 Å². The van der Waals surface area contributed by atoms with Crippen molar-refractivity contribution in [3.8, 4) is 5.75 Å². The van der Waals surface area contributed by atoms with Crippen molar-refractivity contribution in [2.45, 2.75) is 19.9 Å². The number of halogens is 1. The van der Waals surface area contributed by atoms with Gasteiger partial charge in [0.25, 0.3) is 5.91 Å². The van der Waals surface area contributed by atoms with Gasteiger partial charge in [-0.1, -0.05) is 5.16 Å². The van der Waals surface area contributed by atoms with Gasteiger partial charge in [0.2, 0.25) is 0 Å². The van der Waals surface area contributed by atoms with Crippen LogP contribution in [-0.4, -0.2) is 24.7 Å². The predicted octanol–water partition coefficient (Wildman–Crippen LogP) is 2.02. The smallest absolute Gasteiger partial charge is 0.280 e. The number of benzene rings is 1. The molecule has 1 heterocycles. The Labute approximate surface area is 137 Å². The van der Waals surface area contributed by atoms with E-state index < -0.39 is 0 Å². The lowest BCUT2D eigenvalue weighted by Crippen LogP contribution is -2.86. The van der Waals surface area contributed by atoms with E-state index in [-0.39, 0.29) is 11.9 Å². The quantitative estimate of drug-likeness (QED) is 0.817. The maximum atomic E-state index is 11.9. The summed E-state index contributed by atoms with van der Waals surface area (Å²) in [4.78, 5) is 11.9. The summed E-state index contributed by atoms with van der Waals surface area (Å²) in [5, 5.41) is 8.38. The second kappa shape index (κ2) is 7.42. The molecule has 0 aliphatic heterocycles. The highest BCUT2D eigenvalue weighted by Crippen LogP contribution is 2.27. The fourth-order valence-electron chi connectivity index (χ4n) is 2.00. The largest absolute Gasteiger partial charge is 0.496 e. The van der Waals surface area contributed by atoms with Gasteiger partial charge in [-0.05, 0) is 48.0 Å². The normalized spacial score (nSPS) is 12.0. The minimum Gasteiger partial charge on any atom is -0.496 e. The molecule has 0 aliphatic rings. The molecule has 1 atom stereocenters. The van der Waals surface area contributed by atoms with E-state index >= 15 is 0 Å². The number of anilines is 1. The molecule has 0 spiro atoms. The van der Waals surface area contributed by atoms with Gasteiger partial charge >= 0.3 is 0 Å². The zero-order chi connectivity index (χ0) is 16.1. The van der Waals surface area contributed by atoms with Crippen LogP contribution in [0.5, 0.6) is 5.75 Å². The highest BCUT2D eigenvalue weighted by atomic mass is 79.9. The summed E-state index contributed by atoms with van der Waals surface area (Å²) < 4.78 is 11.0. The van der Waals surface area contributed by atoms with Crippen molar-refractivity contribution in [1.82, 2.24) is 5.16 Å². The third-order valence-corrected chi connectivity index (χ3v) is 3.87. The van der Waals surface area contributed by atoms with Crippen molar-refractivity contribution in [2.24, 2.45) is 0 Å². The molecule has 2 aromatic rings. The Morgan fingerprint density at radius 2 is 2.27 bits per heavy atom. The third-order valence-electron chi connectivity index (χ3n) is 3.25. The van der Waals surface area contributed by atoms with Crippen LogP contribution in [0.25, 0.3) is 0 Å². The zero-order valence-corrected chi connectivity index (χ0v) is 14.3. The fourth-order valence-corrected chi connectivity index (χ4v) is 2.56. The molecule has 1 aromatic carbocycles. The first-order valence-corrected chi connectivity index (χ1v) is 7.69. The Morgan fingerprint density at radius 1 is 1.50 bits per heavy atom. The number of aromatic nitrogens is 1. The van der Waals surface area contributed by atoms with E-state index in [0.717, 1.165) is 15.8 Å². The van der Waals surface area contributed by atoms with Gasteiger partial charge in [-0.15, -0.1) is 0 Å². The average molecular weight is 369 g/mol. The lowest BCUT2D eigenvalue weighted by atomic mass is 10.1. The van der Waals surface area contributed by atoms with Crippen LogP contribution >= 0.6 is 15.9 Å². The third kappa shape index (κ3) is 4.32. The molecular weight excluding hydrogens is 350 g/mol. The Kier molecular flexibility index (Phi) is 5.57. The number of quaternary nitrogens is 1. The maximum absolute atomic E-state index is 11.9. The Morgan fingerprint density at radius 3 is 2.86 bits per heavy atom. The van der Waals surface area contributed by atoms with Gasteiger partial charge < -0.3 is 19.9 Å². The monoisotopic (exact) mass is 368 g/mol. The standard InChI is InChI=1S/C15H18BrN3O3/c1-9-6-14(19-22-9)18-15(20)8-17-10(2)11-4-5-13(21-3)12(16)7-11/h4-7,10,17H,8H2,1-3H3,(H,18,19,20)/p+1/t10-/m0/s1. The molecule has 6 nitrogen and oxygen atoms in total. The van der Waals surface area contributed by atoms with Crippen LogP contribution in [0.3, 0.4) is 0 Å². The molecule has 2 rings (SSSR count). The van der Waals surface area contributed by atoms with Crippen molar-refractivity contribution in [3.05, 3.63) is 40.1 Å². The maximum Gasteiger partial charge on any atom is 0.280 e. The highest BCUT2D eigenvalue weighted by molar-refractivity contribution is 9.10. The number of hydrogen-bond acceptors (Lipinski definition) is 4. The number of nitrogens with zero attached hydrogens (tertiary/aromatic N) is 1. The molecule has 0 saturated carbocycles. The fraction of sp³-hybridized carbons (Fsp3) is 0.333. The van der Waals surface area contributed by atoms with Crippen LogP contribution < -0.4 is 15.4 Å². The number of nitrogens with two attached hydrogens (primary N) is 1. The summed E-state index contributed by atoms with van der Waals surface area (Å²) >= 11 is 3.47. The van der Waals surface area contributed by atoms with Crippen LogP contribution in [0.15, 0.2) is 33.3 Å².